The summed E-state index contributed by atoms with van der Waals surface area (Å²) >= 11 is 1.56. The maximum Gasteiger partial charge on any atom is 0.251 e. The summed E-state index contributed by atoms with van der Waals surface area (Å²) in [5.74, 6) is -0.184. The van der Waals surface area contributed by atoms with Crippen LogP contribution in [0.5, 0.6) is 0 Å². The smallest absolute Gasteiger partial charge is 0.251 e. The number of carbonyl (C=O) groups is 1. The van der Waals surface area contributed by atoms with Crippen molar-refractivity contribution in [1.29, 1.82) is 0 Å². The molecule has 2 N–H and O–H groups in total. The minimum atomic E-state index is -0.264. The number of benzene rings is 1. The molecule has 0 bridgehead atoms. The highest BCUT2D eigenvalue weighted by Gasteiger charge is 2.13. The summed E-state index contributed by atoms with van der Waals surface area (Å²) < 4.78 is 3.08. The average Bonchev–Trinajstić information content (AvgIpc) is 3.08. The van der Waals surface area contributed by atoms with Crippen molar-refractivity contribution in [3.63, 3.8) is 0 Å². The molecule has 0 aliphatic carbocycles. The lowest BCUT2D eigenvalue weighted by atomic mass is 10.2. The van der Waals surface area contributed by atoms with Crippen LogP contribution in [0, 0.1) is 13.8 Å². The molecule has 1 amide bonds. The van der Waals surface area contributed by atoms with Gasteiger partial charge in [0.15, 0.2) is 5.13 Å². The SMILES string of the molecule is Cc1ccc(C)n1-c1nc2ccc(C(=O)NC(C)CO)cc2s1. The van der Waals surface area contributed by atoms with Gasteiger partial charge in [-0.1, -0.05) is 11.3 Å². The Morgan fingerprint density at radius 3 is 2.65 bits per heavy atom. The third-order valence-corrected chi connectivity index (χ3v) is 4.76. The second kappa shape index (κ2) is 6.14. The Hall–Kier alpha value is -2.18. The number of thiazole rings is 1. The summed E-state index contributed by atoms with van der Waals surface area (Å²) in [6.45, 7) is 5.78. The molecular weight excluding hydrogens is 310 g/mol. The quantitative estimate of drug-likeness (QED) is 0.773. The normalized spacial score (nSPS) is 12.5. The van der Waals surface area contributed by atoms with Crippen LogP contribution in [0.2, 0.25) is 0 Å². The van der Waals surface area contributed by atoms with Gasteiger partial charge in [-0.05, 0) is 51.1 Å². The lowest BCUT2D eigenvalue weighted by Crippen LogP contribution is -2.34. The molecule has 120 valence electrons. The minimum Gasteiger partial charge on any atom is -0.394 e. The van der Waals surface area contributed by atoms with Crippen molar-refractivity contribution >= 4 is 27.5 Å². The van der Waals surface area contributed by atoms with Crippen molar-refractivity contribution in [2.75, 3.05) is 6.61 Å². The number of nitrogens with zero attached hydrogens (tertiary/aromatic N) is 2. The standard InChI is InChI=1S/C17H19N3O2S/c1-10(9-21)18-16(22)13-6-7-14-15(8-13)23-17(19-14)20-11(2)4-5-12(20)3/h4-8,10,21H,9H2,1-3H3,(H,18,22). The highest BCUT2D eigenvalue weighted by atomic mass is 32.1. The number of aliphatic hydroxyl groups is 1. The molecule has 23 heavy (non-hydrogen) atoms. The molecule has 3 rings (SSSR count). The maximum absolute atomic E-state index is 12.2. The highest BCUT2D eigenvalue weighted by molar-refractivity contribution is 7.20. The van der Waals surface area contributed by atoms with E-state index in [1.807, 2.05) is 26.0 Å². The summed E-state index contributed by atoms with van der Waals surface area (Å²) in [5, 5.41) is 12.7. The van der Waals surface area contributed by atoms with E-state index in [1.165, 1.54) is 0 Å². The number of hydrogen-bond donors (Lipinski definition) is 2. The fraction of sp³-hybridized carbons (Fsp3) is 0.294. The van der Waals surface area contributed by atoms with E-state index in [-0.39, 0.29) is 18.6 Å². The summed E-state index contributed by atoms with van der Waals surface area (Å²) in [6, 6.07) is 9.35. The summed E-state index contributed by atoms with van der Waals surface area (Å²) in [6.07, 6.45) is 0. The Labute approximate surface area is 138 Å². The van der Waals surface area contributed by atoms with E-state index in [9.17, 15) is 4.79 Å². The first-order chi connectivity index (χ1) is 11.0. The number of amides is 1. The van der Waals surface area contributed by atoms with E-state index in [1.54, 1.807) is 24.3 Å². The van der Waals surface area contributed by atoms with Gasteiger partial charge in [-0.3, -0.25) is 9.36 Å². The first kappa shape index (κ1) is 15.7. The van der Waals surface area contributed by atoms with Gasteiger partial charge in [-0.15, -0.1) is 0 Å². The number of aliphatic hydroxyl groups excluding tert-OH is 1. The van der Waals surface area contributed by atoms with E-state index in [0.717, 1.165) is 26.7 Å². The van der Waals surface area contributed by atoms with Gasteiger partial charge in [0.2, 0.25) is 0 Å². The van der Waals surface area contributed by atoms with Gasteiger partial charge < -0.3 is 10.4 Å². The van der Waals surface area contributed by atoms with Crippen molar-refractivity contribution in [3.8, 4) is 5.13 Å². The Balaban J connectivity index is 1.97. The zero-order valence-corrected chi connectivity index (χ0v) is 14.1. The molecule has 0 fully saturated rings. The summed E-state index contributed by atoms with van der Waals surface area (Å²) in [4.78, 5) is 16.8. The third-order valence-electron chi connectivity index (χ3n) is 3.75. The fourth-order valence-corrected chi connectivity index (χ4v) is 3.60. The molecule has 0 radical (unpaired) electrons. The number of rotatable bonds is 4. The lowest BCUT2D eigenvalue weighted by molar-refractivity contribution is 0.0922. The molecule has 3 aromatic rings. The zero-order valence-electron chi connectivity index (χ0n) is 13.3. The zero-order chi connectivity index (χ0) is 16.6. The topological polar surface area (TPSA) is 67.2 Å². The van der Waals surface area contributed by atoms with Crippen LogP contribution in [0.1, 0.15) is 28.7 Å². The van der Waals surface area contributed by atoms with Gasteiger partial charge in [0.25, 0.3) is 5.91 Å². The molecule has 5 nitrogen and oxygen atoms in total. The van der Waals surface area contributed by atoms with Crippen LogP contribution < -0.4 is 5.32 Å². The molecule has 1 atom stereocenters. The van der Waals surface area contributed by atoms with Crippen LogP contribution >= 0.6 is 11.3 Å². The van der Waals surface area contributed by atoms with Crippen LogP contribution in [-0.2, 0) is 0 Å². The molecule has 2 aromatic heterocycles. The number of hydrogen-bond acceptors (Lipinski definition) is 4. The fourth-order valence-electron chi connectivity index (χ4n) is 2.47. The van der Waals surface area contributed by atoms with Crippen LogP contribution in [0.15, 0.2) is 30.3 Å². The second-order valence-electron chi connectivity index (χ2n) is 5.69. The third kappa shape index (κ3) is 3.00. The van der Waals surface area contributed by atoms with Gasteiger partial charge in [0.05, 0.1) is 16.8 Å². The van der Waals surface area contributed by atoms with Crippen LogP contribution in [-0.4, -0.2) is 33.2 Å². The number of aromatic nitrogens is 2. The monoisotopic (exact) mass is 329 g/mol. The Kier molecular flexibility index (Phi) is 4.19. The Morgan fingerprint density at radius 1 is 1.30 bits per heavy atom. The van der Waals surface area contributed by atoms with Crippen molar-refractivity contribution < 1.29 is 9.90 Å². The average molecular weight is 329 g/mol. The van der Waals surface area contributed by atoms with Crippen molar-refractivity contribution in [1.82, 2.24) is 14.9 Å². The molecule has 0 saturated carbocycles. The summed E-state index contributed by atoms with van der Waals surface area (Å²) in [7, 11) is 0. The lowest BCUT2D eigenvalue weighted by Gasteiger charge is -2.10. The van der Waals surface area contributed by atoms with Gasteiger partial charge in [-0.2, -0.15) is 0 Å². The Morgan fingerprint density at radius 2 is 2.00 bits per heavy atom. The van der Waals surface area contributed by atoms with Crippen molar-refractivity contribution in [3.05, 3.63) is 47.3 Å². The first-order valence-corrected chi connectivity index (χ1v) is 8.29. The number of aryl methyl sites for hydroxylation is 2. The molecule has 1 unspecified atom stereocenters. The van der Waals surface area contributed by atoms with E-state index >= 15 is 0 Å². The molecule has 0 saturated heterocycles. The molecule has 1 aromatic carbocycles. The van der Waals surface area contributed by atoms with Crippen molar-refractivity contribution in [2.45, 2.75) is 26.8 Å². The minimum absolute atomic E-state index is 0.0785. The van der Waals surface area contributed by atoms with E-state index in [0.29, 0.717) is 5.56 Å². The number of fused-ring (bicyclic) bond motifs is 1. The Bertz CT molecular complexity index is 846. The molecule has 0 spiro atoms. The van der Waals surface area contributed by atoms with E-state index in [2.05, 4.69) is 27.0 Å². The second-order valence-corrected chi connectivity index (χ2v) is 6.70. The van der Waals surface area contributed by atoms with Crippen LogP contribution in [0.4, 0.5) is 0 Å². The number of carbonyl (C=O) groups excluding carboxylic acids is 1. The van der Waals surface area contributed by atoms with Gasteiger partial charge in [0.1, 0.15) is 0 Å². The highest BCUT2D eigenvalue weighted by Crippen LogP contribution is 2.28. The molecule has 0 aliphatic heterocycles. The first-order valence-electron chi connectivity index (χ1n) is 7.47. The molecular formula is C17H19N3O2S. The van der Waals surface area contributed by atoms with E-state index < -0.39 is 0 Å². The van der Waals surface area contributed by atoms with Crippen LogP contribution in [0.3, 0.4) is 0 Å². The summed E-state index contributed by atoms with van der Waals surface area (Å²) in [5.41, 5.74) is 3.73. The largest absolute Gasteiger partial charge is 0.394 e. The van der Waals surface area contributed by atoms with Crippen molar-refractivity contribution in [2.24, 2.45) is 0 Å². The van der Waals surface area contributed by atoms with Gasteiger partial charge in [0, 0.05) is 23.0 Å². The molecule has 2 heterocycles. The predicted octanol–water partition coefficient (Wildman–Crippen LogP) is 2.81. The molecule has 6 heteroatoms. The van der Waals surface area contributed by atoms with E-state index in [4.69, 9.17) is 5.11 Å². The van der Waals surface area contributed by atoms with Crippen LogP contribution in [0.25, 0.3) is 15.3 Å². The predicted molar refractivity (Wildman–Crippen MR) is 92.4 cm³/mol. The maximum atomic E-state index is 12.2. The van der Waals surface area contributed by atoms with Gasteiger partial charge >= 0.3 is 0 Å². The van der Waals surface area contributed by atoms with Gasteiger partial charge in [-0.25, -0.2) is 4.98 Å². The number of nitrogens with one attached hydrogen (secondary N) is 1. The molecule has 0 aliphatic rings.